The van der Waals surface area contributed by atoms with Crippen molar-refractivity contribution in [2.24, 2.45) is 20.0 Å². The summed E-state index contributed by atoms with van der Waals surface area (Å²) in [6, 6.07) is 9.97. The van der Waals surface area contributed by atoms with E-state index in [2.05, 4.69) is 39.4 Å². The number of hydrogen-bond acceptors (Lipinski definition) is 18. The Labute approximate surface area is 315 Å². The molecule has 0 N–H and O–H groups in total. The van der Waals surface area contributed by atoms with Gasteiger partial charge in [-0.05, 0) is 38.1 Å². The zero-order chi connectivity index (χ0) is 35.9. The summed E-state index contributed by atoms with van der Waals surface area (Å²) >= 11 is 0. The van der Waals surface area contributed by atoms with Crippen LogP contribution in [-0.4, -0.2) is 110 Å². The van der Waals surface area contributed by atoms with Gasteiger partial charge in [-0.25, -0.2) is 20.0 Å². The predicted molar refractivity (Wildman–Crippen MR) is 161 cm³/mol. The third-order valence-electron chi connectivity index (χ3n) is 4.85. The van der Waals surface area contributed by atoms with Crippen LogP contribution >= 0.6 is 0 Å². The first kappa shape index (κ1) is 47.5. The van der Waals surface area contributed by atoms with Crippen molar-refractivity contribution in [2.75, 3.05) is 52.6 Å². The maximum atomic E-state index is 11.8. The monoisotopic (exact) mass is 882 g/mol. The van der Waals surface area contributed by atoms with Gasteiger partial charge in [0.1, 0.15) is 37.8 Å². The SMILES string of the molecule is CC(=O)OCCN=C([O-])c1cccc(C2=NCCO2)n1.CC(=O)OCCN=C([O-])c1cccc(C2=NCCO2)n1.CC(=O)[O-].CC(=O)[O-].[Pd+2].[Pd+2]. The van der Waals surface area contributed by atoms with Crippen LogP contribution in [0.15, 0.2) is 56.4 Å². The molecule has 0 atom stereocenters. The molecule has 18 nitrogen and oxygen atoms in total. The summed E-state index contributed by atoms with van der Waals surface area (Å²) in [6.45, 7) is 7.19. The standard InChI is InChI=1S/2C13H15N3O4.2C2H4O2.2Pd/c2*1-9(17)19-7-5-14-12(18)10-3-2-4-11(16-10)13-15-6-8-20-13;2*1-2(3)4;;/h2*2-4H,5-8H2,1H3,(H,14,18);2*1H3,(H,3,4);;/q;;;;2*+2/p-4. The predicted octanol–water partition coefficient (Wildman–Crippen LogP) is -3.44. The zero-order valence-electron chi connectivity index (χ0n) is 27.3. The summed E-state index contributed by atoms with van der Waals surface area (Å²) in [5, 5.41) is 41.4. The largest absolute Gasteiger partial charge is 2.00 e. The van der Waals surface area contributed by atoms with E-state index >= 15 is 0 Å². The van der Waals surface area contributed by atoms with E-state index in [1.165, 1.54) is 13.8 Å². The molecular weight excluding hydrogens is 849 g/mol. The van der Waals surface area contributed by atoms with E-state index < -0.39 is 35.7 Å². The molecule has 2 aliphatic heterocycles. The van der Waals surface area contributed by atoms with E-state index in [1.54, 1.807) is 36.4 Å². The van der Waals surface area contributed by atoms with Gasteiger partial charge in [-0.2, -0.15) is 0 Å². The normalized spacial score (nSPS) is 12.7. The molecule has 0 fully saturated rings. The van der Waals surface area contributed by atoms with Crippen LogP contribution in [0.25, 0.3) is 0 Å². The van der Waals surface area contributed by atoms with Gasteiger partial charge in [-0.3, -0.25) is 19.6 Å². The fraction of sp³-hybridized carbons (Fsp3) is 0.400. The number of nitrogens with zero attached hydrogens (tertiary/aromatic N) is 6. The number of esters is 2. The van der Waals surface area contributed by atoms with Crippen molar-refractivity contribution < 1.29 is 99.4 Å². The molecule has 0 aliphatic carbocycles. The first-order valence-corrected chi connectivity index (χ1v) is 14.1. The maximum absolute atomic E-state index is 11.8. The van der Waals surface area contributed by atoms with E-state index in [4.69, 9.17) is 29.3 Å². The van der Waals surface area contributed by atoms with Gasteiger partial charge in [-0.1, -0.05) is 12.1 Å². The Kier molecular flexibility index (Phi) is 25.9. The molecule has 2 aliphatic rings. The van der Waals surface area contributed by atoms with Crippen LogP contribution in [0.1, 0.15) is 50.5 Å². The fourth-order valence-corrected chi connectivity index (χ4v) is 3.16. The van der Waals surface area contributed by atoms with E-state index in [1.807, 2.05) is 0 Å². The molecule has 0 unspecified atom stereocenters. The molecule has 0 saturated carbocycles. The molecule has 0 amide bonds. The minimum Gasteiger partial charge on any atom is -0.857 e. The van der Waals surface area contributed by atoms with Crippen LogP contribution in [0.3, 0.4) is 0 Å². The summed E-state index contributed by atoms with van der Waals surface area (Å²) in [6.07, 6.45) is 0. The van der Waals surface area contributed by atoms with Gasteiger partial charge >= 0.3 is 52.8 Å². The molecule has 2 aromatic heterocycles. The van der Waals surface area contributed by atoms with Crippen LogP contribution in [0.4, 0.5) is 0 Å². The smallest absolute Gasteiger partial charge is 0.857 e. The maximum Gasteiger partial charge on any atom is 2.00 e. The molecule has 276 valence electrons. The van der Waals surface area contributed by atoms with Gasteiger partial charge in [0.25, 0.3) is 0 Å². The number of ether oxygens (including phenoxy) is 4. The topological polar surface area (TPSA) is 273 Å². The molecule has 50 heavy (non-hydrogen) atoms. The van der Waals surface area contributed by atoms with Crippen molar-refractivity contribution in [3.8, 4) is 0 Å². The van der Waals surface area contributed by atoms with Crippen LogP contribution in [0.5, 0.6) is 0 Å². The molecule has 2 aromatic rings. The second kappa shape index (κ2) is 27.2. The van der Waals surface area contributed by atoms with E-state index in [9.17, 15) is 19.8 Å². The minimum atomic E-state index is -1.08. The molecular formula is C30H34N6O12Pd2. The van der Waals surface area contributed by atoms with E-state index in [0.29, 0.717) is 49.5 Å². The van der Waals surface area contributed by atoms with Crippen molar-refractivity contribution in [3.63, 3.8) is 0 Å². The Hall–Kier alpha value is -4.62. The second-order valence-electron chi connectivity index (χ2n) is 8.92. The Balaban J connectivity index is 0. The molecule has 0 bridgehead atoms. The average Bonchev–Trinajstić information content (AvgIpc) is 3.77. The Morgan fingerprint density at radius 1 is 0.660 bits per heavy atom. The van der Waals surface area contributed by atoms with Gasteiger partial charge in [-0.15, -0.1) is 0 Å². The third-order valence-corrected chi connectivity index (χ3v) is 4.85. The van der Waals surface area contributed by atoms with Gasteiger partial charge < -0.3 is 49.0 Å². The molecule has 0 radical (unpaired) electrons. The van der Waals surface area contributed by atoms with Crippen molar-refractivity contribution >= 4 is 47.5 Å². The van der Waals surface area contributed by atoms with Crippen LogP contribution < -0.4 is 20.4 Å². The number of pyridine rings is 2. The number of carbonyl (C=O) groups is 4. The molecule has 0 aromatic carbocycles. The summed E-state index contributed by atoms with van der Waals surface area (Å²) in [7, 11) is 0. The minimum absolute atomic E-state index is 0. The van der Waals surface area contributed by atoms with Crippen molar-refractivity contribution in [2.45, 2.75) is 27.7 Å². The Morgan fingerprint density at radius 3 is 1.28 bits per heavy atom. The molecule has 0 spiro atoms. The number of carboxylic acids is 2. The number of aliphatic imine (C=N–C) groups is 4. The number of aromatic nitrogens is 2. The van der Waals surface area contributed by atoms with E-state index in [-0.39, 0.29) is 78.5 Å². The fourth-order valence-electron chi connectivity index (χ4n) is 3.16. The second-order valence-corrected chi connectivity index (χ2v) is 8.92. The summed E-state index contributed by atoms with van der Waals surface area (Å²) in [5.41, 5.74) is 1.46. The molecule has 4 rings (SSSR count). The Bertz CT molecular complexity index is 1400. The third kappa shape index (κ3) is 22.1. The average molecular weight is 883 g/mol. The molecule has 4 heterocycles. The van der Waals surface area contributed by atoms with Gasteiger partial charge in [0.15, 0.2) is 0 Å². The van der Waals surface area contributed by atoms with Gasteiger partial charge in [0, 0.05) is 37.6 Å². The number of carboxylic acid groups (broad SMARTS) is 2. The quantitative estimate of drug-likeness (QED) is 0.0739. The summed E-state index contributed by atoms with van der Waals surface area (Å²) in [4.78, 5) is 63.0. The summed E-state index contributed by atoms with van der Waals surface area (Å²) < 4.78 is 20.0. The van der Waals surface area contributed by atoms with Crippen molar-refractivity contribution in [1.29, 1.82) is 0 Å². The number of aliphatic carboxylic acids is 2. The van der Waals surface area contributed by atoms with Crippen LogP contribution in [0, 0.1) is 0 Å². The van der Waals surface area contributed by atoms with Crippen molar-refractivity contribution in [3.05, 3.63) is 59.2 Å². The first-order chi connectivity index (χ1) is 22.8. The van der Waals surface area contributed by atoms with E-state index in [0.717, 1.165) is 13.8 Å². The first-order valence-electron chi connectivity index (χ1n) is 14.1. The molecule has 0 saturated heterocycles. The molecule has 20 heteroatoms. The summed E-state index contributed by atoms with van der Waals surface area (Å²) in [5.74, 6) is -3.00. The Morgan fingerprint density at radius 2 is 1.00 bits per heavy atom. The zero-order valence-corrected chi connectivity index (χ0v) is 30.4. The van der Waals surface area contributed by atoms with Crippen molar-refractivity contribution in [1.82, 2.24) is 9.97 Å². The van der Waals surface area contributed by atoms with Gasteiger partial charge in [0.05, 0.1) is 37.6 Å². The number of hydrogen-bond donors (Lipinski definition) is 0. The number of carbonyl (C=O) groups excluding carboxylic acids is 4. The van der Waals surface area contributed by atoms with Crippen LogP contribution in [0.2, 0.25) is 0 Å². The van der Waals surface area contributed by atoms with Gasteiger partial charge in [0.2, 0.25) is 11.8 Å². The number of rotatable bonds is 10. The van der Waals surface area contributed by atoms with Crippen LogP contribution in [-0.2, 0) is 79.0 Å².